The molecule has 0 unspecified atom stereocenters. The fourth-order valence-corrected chi connectivity index (χ4v) is 3.87. The number of methoxy groups -OCH3 is 1. The van der Waals surface area contributed by atoms with Gasteiger partial charge in [0.15, 0.2) is 5.76 Å². The first-order valence-corrected chi connectivity index (χ1v) is 9.24. The number of amides is 1. The van der Waals surface area contributed by atoms with Crippen molar-refractivity contribution in [2.75, 3.05) is 7.11 Å². The van der Waals surface area contributed by atoms with Crippen LogP contribution in [0.2, 0.25) is 0 Å². The second-order valence-electron chi connectivity index (χ2n) is 7.40. The van der Waals surface area contributed by atoms with E-state index < -0.39 is 0 Å². The van der Waals surface area contributed by atoms with E-state index in [1.165, 1.54) is 6.42 Å². The molecule has 1 aromatic carbocycles. The number of pyridine rings is 1. The van der Waals surface area contributed by atoms with Crippen molar-refractivity contribution in [3.8, 4) is 5.75 Å². The van der Waals surface area contributed by atoms with Crippen LogP contribution < -0.4 is 10.1 Å². The number of fused-ring (bicyclic) bond motifs is 2. The van der Waals surface area contributed by atoms with Crippen LogP contribution in [0, 0.1) is 11.8 Å². The van der Waals surface area contributed by atoms with Gasteiger partial charge in [0.25, 0.3) is 5.91 Å². The van der Waals surface area contributed by atoms with Crippen LogP contribution in [0.3, 0.4) is 0 Å². The summed E-state index contributed by atoms with van der Waals surface area (Å²) in [5.74, 6) is 2.02. The number of nitrogens with zero attached hydrogens (tertiary/aromatic N) is 1. The standard InChI is InChI=1S/C21H24N2O3/c1-12-5-4-6-17(13(12)2)22-20(24)19-10-15-9-14-7-8-16(25-3)11-18(14)23-21(15)26-19/h7-13,17H,4-6H2,1-3H3,(H,22,24)/t12-,13+,17+/m0/s1. The van der Waals surface area contributed by atoms with Crippen LogP contribution in [0.4, 0.5) is 0 Å². The van der Waals surface area contributed by atoms with E-state index in [0.717, 1.165) is 34.9 Å². The fraction of sp³-hybridized carbons (Fsp3) is 0.429. The lowest BCUT2D eigenvalue weighted by Gasteiger charge is -2.34. The van der Waals surface area contributed by atoms with Gasteiger partial charge in [-0.15, -0.1) is 0 Å². The largest absolute Gasteiger partial charge is 0.497 e. The van der Waals surface area contributed by atoms with Crippen molar-refractivity contribution >= 4 is 27.9 Å². The summed E-state index contributed by atoms with van der Waals surface area (Å²) in [4.78, 5) is 17.2. The first-order valence-electron chi connectivity index (χ1n) is 9.24. The molecular weight excluding hydrogens is 328 g/mol. The smallest absolute Gasteiger partial charge is 0.287 e. The van der Waals surface area contributed by atoms with E-state index in [4.69, 9.17) is 9.15 Å². The summed E-state index contributed by atoms with van der Waals surface area (Å²) in [6.45, 7) is 4.48. The Morgan fingerprint density at radius 1 is 1.19 bits per heavy atom. The molecule has 0 spiro atoms. The number of rotatable bonds is 3. The SMILES string of the molecule is COc1ccc2cc3cc(C(=O)N[C@@H]4CCC[C@H](C)[C@H]4C)oc3nc2c1. The van der Waals surface area contributed by atoms with E-state index >= 15 is 0 Å². The second-order valence-corrected chi connectivity index (χ2v) is 7.40. The Bertz CT molecular complexity index is 962. The quantitative estimate of drug-likeness (QED) is 0.751. The van der Waals surface area contributed by atoms with Gasteiger partial charge < -0.3 is 14.5 Å². The maximum absolute atomic E-state index is 12.7. The third kappa shape index (κ3) is 3.02. The molecule has 4 rings (SSSR count). The maximum Gasteiger partial charge on any atom is 0.287 e. The lowest BCUT2D eigenvalue weighted by atomic mass is 9.78. The number of aromatic nitrogens is 1. The number of hydrogen-bond donors (Lipinski definition) is 1. The number of carbonyl (C=O) groups excluding carboxylic acids is 1. The third-order valence-electron chi connectivity index (χ3n) is 5.76. The molecule has 0 bridgehead atoms. The molecule has 26 heavy (non-hydrogen) atoms. The molecule has 3 aromatic rings. The minimum Gasteiger partial charge on any atom is -0.497 e. The number of carbonyl (C=O) groups is 1. The van der Waals surface area contributed by atoms with E-state index in [2.05, 4.69) is 24.1 Å². The van der Waals surface area contributed by atoms with Gasteiger partial charge in [0.2, 0.25) is 5.71 Å². The van der Waals surface area contributed by atoms with Crippen LogP contribution in [0.25, 0.3) is 22.0 Å². The van der Waals surface area contributed by atoms with Crippen LogP contribution in [0.5, 0.6) is 5.75 Å². The summed E-state index contributed by atoms with van der Waals surface area (Å²) in [5, 5.41) is 4.97. The average Bonchev–Trinajstić information content (AvgIpc) is 3.06. The van der Waals surface area contributed by atoms with Gasteiger partial charge in [-0.05, 0) is 42.5 Å². The van der Waals surface area contributed by atoms with Gasteiger partial charge in [-0.3, -0.25) is 4.79 Å². The van der Waals surface area contributed by atoms with Crippen LogP contribution in [0.1, 0.15) is 43.7 Å². The molecule has 2 aromatic heterocycles. The average molecular weight is 352 g/mol. The van der Waals surface area contributed by atoms with Gasteiger partial charge in [0.05, 0.1) is 12.6 Å². The molecule has 0 radical (unpaired) electrons. The van der Waals surface area contributed by atoms with Gasteiger partial charge in [0.1, 0.15) is 5.75 Å². The van der Waals surface area contributed by atoms with Crippen molar-refractivity contribution in [1.82, 2.24) is 10.3 Å². The predicted molar refractivity (Wildman–Crippen MR) is 102 cm³/mol. The number of furan rings is 1. The fourth-order valence-electron chi connectivity index (χ4n) is 3.87. The predicted octanol–water partition coefficient (Wildman–Crippen LogP) is 4.54. The number of hydrogen-bond acceptors (Lipinski definition) is 4. The third-order valence-corrected chi connectivity index (χ3v) is 5.76. The van der Waals surface area contributed by atoms with Gasteiger partial charge in [-0.25, -0.2) is 4.98 Å². The lowest BCUT2D eigenvalue weighted by Crippen LogP contribution is -2.43. The van der Waals surface area contributed by atoms with E-state index in [1.54, 1.807) is 13.2 Å². The maximum atomic E-state index is 12.7. The van der Waals surface area contributed by atoms with Crippen molar-refractivity contribution < 1.29 is 13.9 Å². The van der Waals surface area contributed by atoms with Gasteiger partial charge >= 0.3 is 0 Å². The Balaban J connectivity index is 1.62. The van der Waals surface area contributed by atoms with E-state index in [0.29, 0.717) is 23.3 Å². The molecule has 5 nitrogen and oxygen atoms in total. The summed E-state index contributed by atoms with van der Waals surface area (Å²) in [6.07, 6.45) is 3.42. The molecule has 1 amide bonds. The van der Waals surface area contributed by atoms with Crippen LogP contribution in [0.15, 0.2) is 34.7 Å². The molecule has 1 aliphatic carbocycles. The Morgan fingerprint density at radius 3 is 2.85 bits per heavy atom. The van der Waals surface area contributed by atoms with Crippen LogP contribution >= 0.6 is 0 Å². The summed E-state index contributed by atoms with van der Waals surface area (Å²) in [6, 6.07) is 9.69. The van der Waals surface area contributed by atoms with E-state index in [1.807, 2.05) is 24.3 Å². The molecular formula is C21H24N2O3. The molecule has 136 valence electrons. The highest BCUT2D eigenvalue weighted by atomic mass is 16.5. The molecule has 2 heterocycles. The molecule has 0 aliphatic heterocycles. The highest BCUT2D eigenvalue weighted by Crippen LogP contribution is 2.30. The van der Waals surface area contributed by atoms with Gasteiger partial charge in [-0.1, -0.05) is 26.7 Å². The molecule has 1 N–H and O–H groups in total. The summed E-state index contributed by atoms with van der Waals surface area (Å²) >= 11 is 0. The highest BCUT2D eigenvalue weighted by Gasteiger charge is 2.29. The Morgan fingerprint density at radius 2 is 2.04 bits per heavy atom. The van der Waals surface area contributed by atoms with Crippen LogP contribution in [-0.2, 0) is 0 Å². The van der Waals surface area contributed by atoms with Crippen molar-refractivity contribution in [1.29, 1.82) is 0 Å². The number of nitrogens with one attached hydrogen (secondary N) is 1. The number of benzene rings is 1. The normalized spacial score (nSPS) is 23.3. The minimum atomic E-state index is -0.157. The molecule has 1 fully saturated rings. The van der Waals surface area contributed by atoms with Crippen molar-refractivity contribution in [2.24, 2.45) is 11.8 Å². The van der Waals surface area contributed by atoms with Crippen molar-refractivity contribution in [2.45, 2.75) is 39.2 Å². The Labute approximate surface area is 152 Å². The van der Waals surface area contributed by atoms with Gasteiger partial charge in [0, 0.05) is 22.9 Å². The molecule has 0 saturated heterocycles. The number of ether oxygens (including phenoxy) is 1. The zero-order chi connectivity index (χ0) is 18.3. The monoisotopic (exact) mass is 352 g/mol. The molecule has 1 aliphatic rings. The first kappa shape index (κ1) is 16.9. The van der Waals surface area contributed by atoms with Crippen molar-refractivity contribution in [3.05, 3.63) is 36.1 Å². The van der Waals surface area contributed by atoms with Gasteiger partial charge in [-0.2, -0.15) is 0 Å². The topological polar surface area (TPSA) is 64.4 Å². The van der Waals surface area contributed by atoms with E-state index in [-0.39, 0.29) is 11.9 Å². The summed E-state index contributed by atoms with van der Waals surface area (Å²) in [7, 11) is 1.63. The molecule has 5 heteroatoms. The Kier molecular flexibility index (Phi) is 4.31. The highest BCUT2D eigenvalue weighted by molar-refractivity contribution is 5.98. The molecule has 3 atom stereocenters. The zero-order valence-corrected chi connectivity index (χ0v) is 15.4. The zero-order valence-electron chi connectivity index (χ0n) is 15.4. The Hall–Kier alpha value is -2.56. The minimum absolute atomic E-state index is 0.157. The van der Waals surface area contributed by atoms with Crippen molar-refractivity contribution in [3.63, 3.8) is 0 Å². The lowest BCUT2D eigenvalue weighted by molar-refractivity contribution is 0.0865. The molecule has 1 saturated carbocycles. The van der Waals surface area contributed by atoms with E-state index in [9.17, 15) is 4.79 Å². The van der Waals surface area contributed by atoms with Crippen LogP contribution in [-0.4, -0.2) is 24.0 Å². The second kappa shape index (κ2) is 6.63. The summed E-state index contributed by atoms with van der Waals surface area (Å²) in [5.41, 5.74) is 1.26. The first-order chi connectivity index (χ1) is 12.5. The summed E-state index contributed by atoms with van der Waals surface area (Å²) < 4.78 is 11.0.